The predicted octanol–water partition coefficient (Wildman–Crippen LogP) is 3.86. The number of sulfonamides is 1. The van der Waals surface area contributed by atoms with Gasteiger partial charge < -0.3 is 0 Å². The van der Waals surface area contributed by atoms with Crippen LogP contribution in [0.2, 0.25) is 0 Å². The first kappa shape index (κ1) is 16.7. The zero-order valence-electron chi connectivity index (χ0n) is 11.9. The lowest BCUT2D eigenvalue weighted by Crippen LogP contribution is -2.33. The van der Waals surface area contributed by atoms with E-state index >= 15 is 0 Å². The maximum absolute atomic E-state index is 12.3. The molecule has 0 aliphatic carbocycles. The van der Waals surface area contributed by atoms with Crippen LogP contribution in [-0.4, -0.2) is 14.5 Å². The highest BCUT2D eigenvalue weighted by molar-refractivity contribution is 9.10. The second kappa shape index (κ2) is 6.86. The van der Waals surface area contributed by atoms with E-state index in [4.69, 9.17) is 0 Å². The molecule has 1 unspecified atom stereocenters. The Balaban J connectivity index is 2.81. The summed E-state index contributed by atoms with van der Waals surface area (Å²) in [7, 11) is -3.45. The summed E-state index contributed by atoms with van der Waals surface area (Å²) in [6.45, 7) is 8.11. The maximum atomic E-state index is 12.3. The molecule has 0 aromatic heterocycles. The third-order valence-corrected chi connectivity index (χ3v) is 5.48. The van der Waals surface area contributed by atoms with E-state index in [2.05, 4.69) is 34.5 Å². The molecule has 0 spiro atoms. The zero-order valence-corrected chi connectivity index (χ0v) is 14.3. The van der Waals surface area contributed by atoms with E-state index in [-0.39, 0.29) is 6.04 Å². The van der Waals surface area contributed by atoms with Crippen LogP contribution in [0.4, 0.5) is 0 Å². The second-order valence-corrected chi connectivity index (χ2v) is 7.96. The SMILES string of the molecule is Cc1ccc(S(=O)(=O)NC(C)CCC(C)C)c(Br)c1. The molecule has 0 saturated carbocycles. The number of hydrogen-bond donors (Lipinski definition) is 1. The lowest BCUT2D eigenvalue weighted by atomic mass is 10.1. The zero-order chi connectivity index (χ0) is 14.6. The number of rotatable bonds is 6. The molecule has 1 N–H and O–H groups in total. The topological polar surface area (TPSA) is 46.2 Å². The number of hydrogen-bond acceptors (Lipinski definition) is 2. The third-order valence-electron chi connectivity index (χ3n) is 2.91. The van der Waals surface area contributed by atoms with E-state index in [1.165, 1.54) is 0 Å². The Hall–Kier alpha value is -0.390. The molecule has 108 valence electrons. The number of nitrogens with one attached hydrogen (secondary N) is 1. The molecule has 3 nitrogen and oxygen atoms in total. The van der Waals surface area contributed by atoms with Crippen molar-refractivity contribution < 1.29 is 8.42 Å². The minimum absolute atomic E-state index is 0.0550. The van der Waals surface area contributed by atoms with Crippen LogP contribution in [-0.2, 0) is 10.0 Å². The van der Waals surface area contributed by atoms with Crippen molar-refractivity contribution in [3.63, 3.8) is 0 Å². The van der Waals surface area contributed by atoms with Crippen molar-refractivity contribution >= 4 is 26.0 Å². The van der Waals surface area contributed by atoms with Gasteiger partial charge in [-0.1, -0.05) is 19.9 Å². The lowest BCUT2D eigenvalue weighted by molar-refractivity contribution is 0.485. The maximum Gasteiger partial charge on any atom is 0.241 e. The summed E-state index contributed by atoms with van der Waals surface area (Å²) in [4.78, 5) is 0.300. The fraction of sp³-hybridized carbons (Fsp3) is 0.571. The van der Waals surface area contributed by atoms with Crippen LogP contribution in [0.25, 0.3) is 0 Å². The Morgan fingerprint density at radius 1 is 1.21 bits per heavy atom. The van der Waals surface area contributed by atoms with Crippen molar-refractivity contribution in [1.82, 2.24) is 4.72 Å². The highest BCUT2D eigenvalue weighted by Crippen LogP contribution is 2.23. The largest absolute Gasteiger partial charge is 0.241 e. The second-order valence-electron chi connectivity index (χ2n) is 5.43. The van der Waals surface area contributed by atoms with Crippen LogP contribution in [0.1, 0.15) is 39.2 Å². The van der Waals surface area contributed by atoms with Crippen LogP contribution < -0.4 is 4.72 Å². The van der Waals surface area contributed by atoms with Crippen LogP contribution in [0.5, 0.6) is 0 Å². The summed E-state index contributed by atoms with van der Waals surface area (Å²) in [6.07, 6.45) is 1.86. The van der Waals surface area contributed by atoms with Gasteiger partial charge in [0.1, 0.15) is 0 Å². The first-order chi connectivity index (χ1) is 8.72. The smallest absolute Gasteiger partial charge is 0.208 e. The summed E-state index contributed by atoms with van der Waals surface area (Å²) in [5.41, 5.74) is 1.03. The average Bonchev–Trinajstić information content (AvgIpc) is 2.25. The van der Waals surface area contributed by atoms with Crippen LogP contribution in [0.3, 0.4) is 0 Å². The van der Waals surface area contributed by atoms with Gasteiger partial charge in [0.25, 0.3) is 0 Å². The van der Waals surface area contributed by atoms with Crippen molar-refractivity contribution in [2.45, 2.75) is 51.5 Å². The van der Waals surface area contributed by atoms with Crippen molar-refractivity contribution in [3.05, 3.63) is 28.2 Å². The number of aryl methyl sites for hydroxylation is 1. The molecule has 0 fully saturated rings. The van der Waals surface area contributed by atoms with Gasteiger partial charge in [0.05, 0.1) is 4.90 Å². The highest BCUT2D eigenvalue weighted by atomic mass is 79.9. The molecule has 0 radical (unpaired) electrons. The number of benzene rings is 1. The van der Waals surface area contributed by atoms with Gasteiger partial charge in [0.15, 0.2) is 0 Å². The first-order valence-electron chi connectivity index (χ1n) is 6.51. The molecule has 1 aromatic carbocycles. The molecule has 0 amide bonds. The summed E-state index contributed by atoms with van der Waals surface area (Å²) >= 11 is 3.32. The van der Waals surface area contributed by atoms with Crippen molar-refractivity contribution in [2.75, 3.05) is 0 Å². The van der Waals surface area contributed by atoms with Crippen molar-refractivity contribution in [2.24, 2.45) is 5.92 Å². The van der Waals surface area contributed by atoms with Gasteiger partial charge in [-0.25, -0.2) is 13.1 Å². The normalized spacial score (nSPS) is 13.8. The minimum Gasteiger partial charge on any atom is -0.208 e. The quantitative estimate of drug-likeness (QED) is 0.849. The monoisotopic (exact) mass is 347 g/mol. The molecule has 0 bridgehead atoms. The van der Waals surface area contributed by atoms with E-state index in [1.54, 1.807) is 12.1 Å². The van der Waals surface area contributed by atoms with Gasteiger partial charge in [0, 0.05) is 10.5 Å². The van der Waals surface area contributed by atoms with Gasteiger partial charge in [-0.15, -0.1) is 0 Å². The standard InChI is InChI=1S/C14H22BrNO2S/c1-10(2)5-7-12(4)16-19(17,18)14-8-6-11(3)9-13(14)15/h6,8-10,12,16H,5,7H2,1-4H3. The summed E-state index contributed by atoms with van der Waals surface area (Å²) < 4.78 is 27.9. The Labute approximate surface area is 125 Å². The van der Waals surface area contributed by atoms with Gasteiger partial charge in [-0.05, 0) is 66.2 Å². The molecular weight excluding hydrogens is 326 g/mol. The predicted molar refractivity (Wildman–Crippen MR) is 82.7 cm³/mol. The Morgan fingerprint density at radius 3 is 2.37 bits per heavy atom. The fourth-order valence-electron chi connectivity index (χ4n) is 1.79. The molecule has 1 atom stereocenters. The Morgan fingerprint density at radius 2 is 1.84 bits per heavy atom. The van der Waals surface area contributed by atoms with Crippen LogP contribution >= 0.6 is 15.9 Å². The highest BCUT2D eigenvalue weighted by Gasteiger charge is 2.20. The number of halogens is 1. The molecule has 0 heterocycles. The summed E-state index contributed by atoms with van der Waals surface area (Å²) in [6, 6.07) is 5.20. The van der Waals surface area contributed by atoms with E-state index in [9.17, 15) is 8.42 Å². The van der Waals surface area contributed by atoms with E-state index in [0.717, 1.165) is 18.4 Å². The average molecular weight is 348 g/mol. The van der Waals surface area contributed by atoms with E-state index < -0.39 is 10.0 Å². The van der Waals surface area contributed by atoms with Crippen molar-refractivity contribution in [3.8, 4) is 0 Å². The molecular formula is C14H22BrNO2S. The molecule has 0 saturated heterocycles. The summed E-state index contributed by atoms with van der Waals surface area (Å²) in [5, 5.41) is 0. The minimum atomic E-state index is -3.45. The van der Waals surface area contributed by atoms with Gasteiger partial charge in [-0.2, -0.15) is 0 Å². The molecule has 5 heteroatoms. The molecule has 0 aliphatic heterocycles. The lowest BCUT2D eigenvalue weighted by Gasteiger charge is -2.16. The van der Waals surface area contributed by atoms with Crippen molar-refractivity contribution in [1.29, 1.82) is 0 Å². The van der Waals surface area contributed by atoms with Crippen LogP contribution in [0.15, 0.2) is 27.6 Å². The molecule has 1 aromatic rings. The third kappa shape index (κ3) is 5.24. The molecule has 0 aliphatic rings. The van der Waals surface area contributed by atoms with E-state index in [0.29, 0.717) is 15.3 Å². The molecule has 1 rings (SSSR count). The van der Waals surface area contributed by atoms with Gasteiger partial charge >= 0.3 is 0 Å². The summed E-state index contributed by atoms with van der Waals surface area (Å²) in [5.74, 6) is 0.582. The van der Waals surface area contributed by atoms with E-state index in [1.807, 2.05) is 19.9 Å². The van der Waals surface area contributed by atoms with Crippen LogP contribution in [0, 0.1) is 12.8 Å². The Bertz CT molecular complexity index is 526. The fourth-order valence-corrected chi connectivity index (χ4v) is 4.26. The van der Waals surface area contributed by atoms with Gasteiger partial charge in [0.2, 0.25) is 10.0 Å². The first-order valence-corrected chi connectivity index (χ1v) is 8.78. The van der Waals surface area contributed by atoms with Gasteiger partial charge in [-0.3, -0.25) is 0 Å². The Kier molecular flexibility index (Phi) is 6.02. The molecule has 19 heavy (non-hydrogen) atoms.